The van der Waals surface area contributed by atoms with Crippen LogP contribution in [0.5, 0.6) is 0 Å². The van der Waals surface area contributed by atoms with Crippen molar-refractivity contribution in [2.24, 2.45) is 0 Å². The molecule has 4 nitrogen and oxygen atoms in total. The standard InChI is InChI=1S/C8H13NO3S/c10-5-6-4-9(8(11)12-6)7-2-1-3-13-7/h6-7,10H,1-5H2/t6-,7?/m1/s1. The lowest BCUT2D eigenvalue weighted by Crippen LogP contribution is -2.32. The number of hydrogen-bond acceptors (Lipinski definition) is 4. The maximum atomic E-state index is 11.3. The van der Waals surface area contributed by atoms with E-state index >= 15 is 0 Å². The van der Waals surface area contributed by atoms with Crippen molar-refractivity contribution < 1.29 is 14.6 Å². The molecule has 5 heteroatoms. The minimum Gasteiger partial charge on any atom is -0.442 e. The van der Waals surface area contributed by atoms with Crippen LogP contribution in [0, 0.1) is 0 Å². The summed E-state index contributed by atoms with van der Waals surface area (Å²) in [6.07, 6.45) is 1.65. The number of carbonyl (C=O) groups excluding carboxylic acids is 1. The molecule has 0 radical (unpaired) electrons. The summed E-state index contributed by atoms with van der Waals surface area (Å²) in [7, 11) is 0. The van der Waals surface area contributed by atoms with Gasteiger partial charge < -0.3 is 9.84 Å². The van der Waals surface area contributed by atoms with E-state index in [0.29, 0.717) is 6.54 Å². The first-order chi connectivity index (χ1) is 6.31. The maximum absolute atomic E-state index is 11.3. The van der Waals surface area contributed by atoms with Gasteiger partial charge in [0.1, 0.15) is 6.10 Å². The fourth-order valence-electron chi connectivity index (χ4n) is 1.68. The van der Waals surface area contributed by atoms with Crippen LogP contribution in [0.15, 0.2) is 0 Å². The van der Waals surface area contributed by atoms with Crippen LogP contribution in [0.4, 0.5) is 4.79 Å². The average Bonchev–Trinajstić information content (AvgIpc) is 2.72. The fourth-order valence-corrected chi connectivity index (χ4v) is 2.97. The van der Waals surface area contributed by atoms with Gasteiger partial charge in [0.15, 0.2) is 0 Å². The van der Waals surface area contributed by atoms with E-state index in [-0.39, 0.29) is 24.2 Å². The van der Waals surface area contributed by atoms with Crippen molar-refractivity contribution in [3.63, 3.8) is 0 Å². The molecule has 0 aromatic heterocycles. The molecule has 2 aliphatic rings. The van der Waals surface area contributed by atoms with Gasteiger partial charge in [-0.1, -0.05) is 0 Å². The Balaban J connectivity index is 1.95. The molecular formula is C8H13NO3S. The summed E-state index contributed by atoms with van der Waals surface area (Å²) in [5, 5.41) is 9.12. The molecule has 1 N–H and O–H groups in total. The fraction of sp³-hybridized carbons (Fsp3) is 0.875. The summed E-state index contributed by atoms with van der Waals surface area (Å²) in [5.74, 6) is 1.12. The lowest BCUT2D eigenvalue weighted by molar-refractivity contribution is 0.0946. The van der Waals surface area contributed by atoms with Gasteiger partial charge in [-0.25, -0.2) is 4.79 Å². The van der Waals surface area contributed by atoms with Gasteiger partial charge >= 0.3 is 6.09 Å². The van der Waals surface area contributed by atoms with E-state index in [2.05, 4.69) is 0 Å². The zero-order chi connectivity index (χ0) is 9.26. The topological polar surface area (TPSA) is 49.8 Å². The number of rotatable bonds is 2. The van der Waals surface area contributed by atoms with Crippen molar-refractivity contribution in [3.05, 3.63) is 0 Å². The quantitative estimate of drug-likeness (QED) is 0.716. The first-order valence-corrected chi connectivity index (χ1v) is 5.56. The molecule has 2 atom stereocenters. The molecule has 2 aliphatic heterocycles. The Labute approximate surface area is 81.2 Å². The van der Waals surface area contributed by atoms with Crippen molar-refractivity contribution in [3.8, 4) is 0 Å². The smallest absolute Gasteiger partial charge is 0.411 e. The average molecular weight is 203 g/mol. The number of aliphatic hydroxyl groups is 1. The van der Waals surface area contributed by atoms with Crippen molar-refractivity contribution in [1.29, 1.82) is 0 Å². The third-order valence-electron chi connectivity index (χ3n) is 2.36. The third kappa shape index (κ3) is 1.76. The Morgan fingerprint density at radius 2 is 2.54 bits per heavy atom. The SMILES string of the molecule is O=C1O[C@@H](CO)CN1C1CCCS1. The van der Waals surface area contributed by atoms with E-state index in [4.69, 9.17) is 9.84 Å². The van der Waals surface area contributed by atoms with Gasteiger partial charge in [-0.15, -0.1) is 11.8 Å². The second-order valence-electron chi connectivity index (χ2n) is 3.31. The molecule has 0 spiro atoms. The van der Waals surface area contributed by atoms with Crippen LogP contribution in [0.2, 0.25) is 0 Å². The van der Waals surface area contributed by atoms with Crippen LogP contribution < -0.4 is 0 Å². The number of carbonyl (C=O) groups is 1. The lowest BCUT2D eigenvalue weighted by atomic mass is 10.3. The van der Waals surface area contributed by atoms with E-state index < -0.39 is 0 Å². The number of amides is 1. The van der Waals surface area contributed by atoms with Gasteiger partial charge in [-0.05, 0) is 18.6 Å². The van der Waals surface area contributed by atoms with Crippen LogP contribution >= 0.6 is 11.8 Å². The molecule has 0 aliphatic carbocycles. The Morgan fingerprint density at radius 1 is 1.69 bits per heavy atom. The summed E-state index contributed by atoms with van der Waals surface area (Å²) in [6.45, 7) is 0.479. The van der Waals surface area contributed by atoms with Crippen LogP contribution in [-0.2, 0) is 4.74 Å². The molecule has 0 saturated carbocycles. The highest BCUT2D eigenvalue weighted by Gasteiger charge is 2.37. The van der Waals surface area contributed by atoms with Crippen molar-refractivity contribution in [2.75, 3.05) is 18.9 Å². The Morgan fingerprint density at radius 3 is 3.08 bits per heavy atom. The number of hydrogen-bond donors (Lipinski definition) is 1. The van der Waals surface area contributed by atoms with Crippen LogP contribution in [0.1, 0.15) is 12.8 Å². The predicted octanol–water partition coefficient (Wildman–Crippen LogP) is 0.653. The highest BCUT2D eigenvalue weighted by Crippen LogP contribution is 2.31. The second kappa shape index (κ2) is 3.75. The molecule has 74 valence electrons. The molecule has 0 bridgehead atoms. The summed E-state index contributed by atoms with van der Waals surface area (Å²) in [4.78, 5) is 13.0. The summed E-state index contributed by atoms with van der Waals surface area (Å²) >= 11 is 1.80. The Bertz CT molecular complexity index is 206. The number of cyclic esters (lactones) is 1. The van der Waals surface area contributed by atoms with Gasteiger partial charge in [0.2, 0.25) is 0 Å². The molecule has 0 aromatic rings. The maximum Gasteiger partial charge on any atom is 0.411 e. The highest BCUT2D eigenvalue weighted by molar-refractivity contribution is 8.00. The second-order valence-corrected chi connectivity index (χ2v) is 4.59. The largest absolute Gasteiger partial charge is 0.442 e. The van der Waals surface area contributed by atoms with E-state index in [1.165, 1.54) is 6.42 Å². The van der Waals surface area contributed by atoms with Crippen molar-refractivity contribution >= 4 is 17.9 Å². The molecule has 2 fully saturated rings. The summed E-state index contributed by atoms with van der Waals surface area (Å²) < 4.78 is 4.96. The Hall–Kier alpha value is -0.420. The van der Waals surface area contributed by atoms with E-state index in [9.17, 15) is 4.79 Å². The molecule has 2 rings (SSSR count). The molecular weight excluding hydrogens is 190 g/mol. The van der Waals surface area contributed by atoms with Gasteiger partial charge in [-0.3, -0.25) is 4.90 Å². The zero-order valence-corrected chi connectivity index (χ0v) is 8.13. The normalized spacial score (nSPS) is 33.9. The van der Waals surface area contributed by atoms with Gasteiger partial charge in [-0.2, -0.15) is 0 Å². The van der Waals surface area contributed by atoms with E-state index in [0.717, 1.165) is 12.2 Å². The van der Waals surface area contributed by atoms with Crippen molar-refractivity contribution in [1.82, 2.24) is 4.90 Å². The Kier molecular flexibility index (Phi) is 2.64. The van der Waals surface area contributed by atoms with Gasteiger partial charge in [0, 0.05) is 0 Å². The molecule has 1 amide bonds. The van der Waals surface area contributed by atoms with E-state index in [1.807, 2.05) is 0 Å². The summed E-state index contributed by atoms with van der Waals surface area (Å²) in [6, 6.07) is 0. The highest BCUT2D eigenvalue weighted by atomic mass is 32.2. The van der Waals surface area contributed by atoms with Crippen LogP contribution in [0.3, 0.4) is 0 Å². The molecule has 1 unspecified atom stereocenters. The minimum atomic E-state index is -0.311. The number of aliphatic hydroxyl groups excluding tert-OH is 1. The molecule has 0 aromatic carbocycles. The predicted molar refractivity (Wildman–Crippen MR) is 49.5 cm³/mol. The first kappa shape index (κ1) is 9.15. The molecule has 13 heavy (non-hydrogen) atoms. The number of thioether (sulfide) groups is 1. The molecule has 2 heterocycles. The van der Waals surface area contributed by atoms with Gasteiger partial charge in [0.05, 0.1) is 18.5 Å². The minimum absolute atomic E-state index is 0.0698. The monoisotopic (exact) mass is 203 g/mol. The first-order valence-electron chi connectivity index (χ1n) is 4.51. The number of nitrogens with zero attached hydrogens (tertiary/aromatic N) is 1. The van der Waals surface area contributed by atoms with E-state index in [1.54, 1.807) is 16.7 Å². The third-order valence-corrected chi connectivity index (χ3v) is 3.76. The zero-order valence-electron chi connectivity index (χ0n) is 7.31. The van der Waals surface area contributed by atoms with Crippen LogP contribution in [-0.4, -0.2) is 46.5 Å². The summed E-state index contributed by atoms with van der Waals surface area (Å²) in [5.41, 5.74) is 0. The van der Waals surface area contributed by atoms with Crippen LogP contribution in [0.25, 0.3) is 0 Å². The van der Waals surface area contributed by atoms with Gasteiger partial charge in [0.25, 0.3) is 0 Å². The molecule has 2 saturated heterocycles. The number of ether oxygens (including phenoxy) is 1. The van der Waals surface area contributed by atoms with Crippen molar-refractivity contribution in [2.45, 2.75) is 24.3 Å². The lowest BCUT2D eigenvalue weighted by Gasteiger charge is -2.19.